The van der Waals surface area contributed by atoms with Gasteiger partial charge in [-0.2, -0.15) is 0 Å². The second kappa shape index (κ2) is 17.3. The molecule has 57 heavy (non-hydrogen) atoms. The number of rotatable bonds is 16. The van der Waals surface area contributed by atoms with Crippen LogP contribution in [0.5, 0.6) is 0 Å². The summed E-state index contributed by atoms with van der Waals surface area (Å²) in [7, 11) is 0. The summed E-state index contributed by atoms with van der Waals surface area (Å²) < 4.78 is 0. The van der Waals surface area contributed by atoms with Crippen molar-refractivity contribution in [3.63, 3.8) is 0 Å². The van der Waals surface area contributed by atoms with Crippen molar-refractivity contribution in [3.8, 4) is 0 Å². The minimum absolute atomic E-state index is 0.189. The van der Waals surface area contributed by atoms with Crippen molar-refractivity contribution in [2.24, 2.45) is 0 Å². The van der Waals surface area contributed by atoms with Gasteiger partial charge in [0, 0.05) is 47.4 Å². The van der Waals surface area contributed by atoms with Gasteiger partial charge in [-0.1, -0.05) is 165 Å². The van der Waals surface area contributed by atoms with Crippen molar-refractivity contribution in [1.82, 2.24) is 0 Å². The molecule has 3 heteroatoms. The molecule has 0 amide bonds. The van der Waals surface area contributed by atoms with E-state index in [4.69, 9.17) is 6.58 Å². The van der Waals surface area contributed by atoms with Gasteiger partial charge in [-0.05, 0) is 101 Å². The van der Waals surface area contributed by atoms with Gasteiger partial charge in [0.25, 0.3) is 0 Å². The molecule has 1 N–H and O–H groups in total. The molecule has 286 valence electrons. The molecule has 7 rings (SSSR count). The highest BCUT2D eigenvalue weighted by Crippen LogP contribution is 2.52. The molecular formula is C54H54N2O. The Morgan fingerprint density at radius 3 is 2.11 bits per heavy atom. The highest BCUT2D eigenvalue weighted by atomic mass is 16.1. The minimum atomic E-state index is -0.423. The summed E-state index contributed by atoms with van der Waals surface area (Å²) in [5, 5.41) is 8.66. The molecule has 1 heterocycles. The van der Waals surface area contributed by atoms with Crippen molar-refractivity contribution in [1.29, 1.82) is 0 Å². The number of fused-ring (bicyclic) bond motifs is 4. The van der Waals surface area contributed by atoms with Crippen LogP contribution in [0.25, 0.3) is 21.5 Å². The quantitative estimate of drug-likeness (QED) is 0.0608. The average Bonchev–Trinajstić information content (AvgIpc) is 3.46. The molecule has 0 aromatic heterocycles. The van der Waals surface area contributed by atoms with Gasteiger partial charge in [-0.3, -0.25) is 4.79 Å². The Morgan fingerprint density at radius 1 is 0.772 bits per heavy atom. The van der Waals surface area contributed by atoms with E-state index in [2.05, 4.69) is 194 Å². The monoisotopic (exact) mass is 746 g/mol. The number of Topliss-reactive ketones (excluding diaryl/α,β-unsaturated/α-hetero) is 1. The molecule has 0 saturated carbocycles. The van der Waals surface area contributed by atoms with Crippen molar-refractivity contribution in [3.05, 3.63) is 217 Å². The van der Waals surface area contributed by atoms with E-state index in [9.17, 15) is 4.79 Å². The number of nitrogens with one attached hydrogen (secondary N) is 1. The van der Waals surface area contributed by atoms with Crippen LogP contribution in [0.3, 0.4) is 0 Å². The Labute approximate surface area is 339 Å². The molecule has 1 aliphatic heterocycles. The highest BCUT2D eigenvalue weighted by Gasteiger charge is 2.44. The molecule has 0 fully saturated rings. The van der Waals surface area contributed by atoms with Gasteiger partial charge in [0.15, 0.2) is 0 Å². The van der Waals surface area contributed by atoms with Gasteiger partial charge >= 0.3 is 0 Å². The molecule has 2 unspecified atom stereocenters. The van der Waals surface area contributed by atoms with Crippen molar-refractivity contribution < 1.29 is 4.79 Å². The van der Waals surface area contributed by atoms with E-state index in [-0.39, 0.29) is 11.2 Å². The number of hydrogen-bond acceptors (Lipinski definition) is 3. The van der Waals surface area contributed by atoms with Crippen LogP contribution in [0.1, 0.15) is 55.9 Å². The molecule has 0 aliphatic carbocycles. The molecule has 1 aliphatic rings. The summed E-state index contributed by atoms with van der Waals surface area (Å²) in [6.45, 7) is 16.6. The number of carbonyl (C=O) groups is 1. The van der Waals surface area contributed by atoms with E-state index in [0.29, 0.717) is 13.0 Å². The van der Waals surface area contributed by atoms with Gasteiger partial charge in [0.2, 0.25) is 0 Å². The number of ketones is 1. The number of hydrogen-bond donors (Lipinski definition) is 1. The normalized spacial score (nSPS) is 17.0. The van der Waals surface area contributed by atoms with E-state index < -0.39 is 5.41 Å². The summed E-state index contributed by atoms with van der Waals surface area (Å²) in [6, 6.07) is 47.8. The second-order valence-electron chi connectivity index (χ2n) is 15.8. The summed E-state index contributed by atoms with van der Waals surface area (Å²) >= 11 is 0. The second-order valence-corrected chi connectivity index (χ2v) is 15.8. The van der Waals surface area contributed by atoms with E-state index in [1.807, 2.05) is 6.08 Å². The van der Waals surface area contributed by atoms with Crippen molar-refractivity contribution in [2.75, 3.05) is 23.3 Å². The lowest BCUT2D eigenvalue weighted by Gasteiger charge is -2.35. The fourth-order valence-corrected chi connectivity index (χ4v) is 8.84. The molecule has 0 spiro atoms. The van der Waals surface area contributed by atoms with Gasteiger partial charge in [0.1, 0.15) is 5.78 Å². The number of carbonyl (C=O) groups excluding carboxylic acids is 1. The SMILES string of the molecule is C=CCCNc1ccc2ccccc2c1C(C)(Cc1ccccc1)C(=C)/C=C/C=C/C=C1/N(CCC(C)=O)c2ccc3ccccc3c2C1(C)Cc1ccccc1. The molecule has 3 nitrogen and oxygen atoms in total. The molecule has 6 aromatic carbocycles. The maximum absolute atomic E-state index is 12.4. The van der Waals surface area contributed by atoms with Crippen LogP contribution in [0.15, 0.2) is 194 Å². The van der Waals surface area contributed by atoms with Crippen LogP contribution in [0, 0.1) is 0 Å². The highest BCUT2D eigenvalue weighted by molar-refractivity contribution is 5.95. The van der Waals surface area contributed by atoms with Gasteiger partial charge < -0.3 is 10.2 Å². The van der Waals surface area contributed by atoms with Gasteiger partial charge in [-0.15, -0.1) is 6.58 Å². The first kappa shape index (κ1) is 39.1. The zero-order chi connectivity index (χ0) is 39.8. The first-order valence-corrected chi connectivity index (χ1v) is 20.2. The Balaban J connectivity index is 1.28. The molecule has 6 aromatic rings. The largest absolute Gasteiger partial charge is 0.384 e. The molecular weight excluding hydrogens is 693 g/mol. The number of benzene rings is 6. The molecule has 0 radical (unpaired) electrons. The van der Waals surface area contributed by atoms with E-state index in [0.717, 1.165) is 37.1 Å². The number of anilines is 2. The smallest absolute Gasteiger partial charge is 0.131 e. The van der Waals surface area contributed by atoms with Crippen LogP contribution in [0.4, 0.5) is 11.4 Å². The summed E-state index contributed by atoms with van der Waals surface area (Å²) in [5.41, 5.74) is 8.90. The maximum Gasteiger partial charge on any atom is 0.131 e. The zero-order valence-corrected chi connectivity index (χ0v) is 33.7. The third-order valence-corrected chi connectivity index (χ3v) is 11.7. The topological polar surface area (TPSA) is 32.3 Å². The first-order valence-electron chi connectivity index (χ1n) is 20.2. The lowest BCUT2D eigenvalue weighted by Crippen LogP contribution is -2.31. The van der Waals surface area contributed by atoms with Gasteiger partial charge in [0.05, 0.1) is 0 Å². The molecule has 0 bridgehead atoms. The van der Waals surface area contributed by atoms with Crippen molar-refractivity contribution >= 4 is 38.7 Å². The van der Waals surface area contributed by atoms with E-state index in [1.54, 1.807) is 6.92 Å². The molecule has 0 saturated heterocycles. The lowest BCUT2D eigenvalue weighted by molar-refractivity contribution is -0.116. The van der Waals surface area contributed by atoms with Crippen molar-refractivity contribution in [2.45, 2.75) is 57.3 Å². The minimum Gasteiger partial charge on any atom is -0.384 e. The summed E-state index contributed by atoms with van der Waals surface area (Å²) in [5.74, 6) is 0.189. The third-order valence-electron chi connectivity index (χ3n) is 11.7. The summed E-state index contributed by atoms with van der Waals surface area (Å²) in [6.07, 6.45) is 15.8. The number of nitrogens with zero attached hydrogens (tertiary/aromatic N) is 1. The van der Waals surface area contributed by atoms with Crippen LogP contribution >= 0.6 is 0 Å². The summed E-state index contributed by atoms with van der Waals surface area (Å²) in [4.78, 5) is 14.8. The van der Waals surface area contributed by atoms with Crippen LogP contribution in [-0.4, -0.2) is 18.9 Å². The Bertz CT molecular complexity index is 2490. The Kier molecular flexibility index (Phi) is 11.9. The number of allylic oxidation sites excluding steroid dienone is 7. The lowest BCUT2D eigenvalue weighted by atomic mass is 9.69. The van der Waals surface area contributed by atoms with Crippen LogP contribution < -0.4 is 10.2 Å². The molecule has 2 atom stereocenters. The fourth-order valence-electron chi connectivity index (χ4n) is 8.84. The fraction of sp³-hybridized carbons (Fsp3) is 0.204. The van der Waals surface area contributed by atoms with Crippen LogP contribution in [-0.2, 0) is 28.5 Å². The Morgan fingerprint density at radius 2 is 1.40 bits per heavy atom. The predicted molar refractivity (Wildman–Crippen MR) is 244 cm³/mol. The average molecular weight is 747 g/mol. The maximum atomic E-state index is 12.4. The third kappa shape index (κ3) is 8.20. The predicted octanol–water partition coefficient (Wildman–Crippen LogP) is 13.0. The van der Waals surface area contributed by atoms with Gasteiger partial charge in [-0.25, -0.2) is 0 Å². The van der Waals surface area contributed by atoms with Crippen LogP contribution in [0.2, 0.25) is 0 Å². The standard InChI is InChI=1S/C54H54N2O/c1-6-7-36-55-48-33-31-44-26-17-19-28-46(44)51(48)53(4,38-42-22-12-9-13-23-42)40(2)21-11-8-16-30-50-54(5,39-43-24-14-10-15-25-43)52-47-29-20-18-27-45(47)32-34-49(52)56(50)37-35-41(3)57/h6,8-34,55H,1-2,7,35-39H2,3-5H3/b16-8+,21-11+,50-30+. The Hall–Kier alpha value is -6.19. The van der Waals surface area contributed by atoms with E-state index in [1.165, 1.54) is 55.2 Å². The van der Waals surface area contributed by atoms with E-state index >= 15 is 0 Å². The first-order chi connectivity index (χ1) is 27.7. The zero-order valence-electron chi connectivity index (χ0n) is 33.7.